The fourth-order valence-electron chi connectivity index (χ4n) is 4.51. The van der Waals surface area contributed by atoms with E-state index in [1.165, 1.54) is 85.8 Å². The molecule has 0 atom stereocenters. The Balaban J connectivity index is 1.72. The van der Waals surface area contributed by atoms with Crippen LogP contribution in [0.5, 0.6) is 0 Å². The number of thioether (sulfide) groups is 1. The Hall–Kier alpha value is -3.27. The van der Waals surface area contributed by atoms with E-state index >= 15 is 0 Å². The molecule has 0 unspecified atom stereocenters. The average molecular weight is 585 g/mol. The third-order valence-electron chi connectivity index (χ3n) is 6.72. The molecule has 0 spiro atoms. The summed E-state index contributed by atoms with van der Waals surface area (Å²) >= 11 is 1.45. The lowest BCUT2D eigenvalue weighted by atomic mass is 10.1. The monoisotopic (exact) mass is 584 g/mol. The van der Waals surface area contributed by atoms with Crippen molar-refractivity contribution in [1.29, 1.82) is 0 Å². The van der Waals surface area contributed by atoms with Crippen molar-refractivity contribution in [2.45, 2.75) is 102 Å². The van der Waals surface area contributed by atoms with Crippen molar-refractivity contribution in [3.8, 4) is 0 Å². The first-order valence-corrected chi connectivity index (χ1v) is 15.6. The molecule has 2 aromatic heterocycles. The fourth-order valence-corrected chi connectivity index (χ4v) is 5.46. The molecule has 0 radical (unpaired) electrons. The molecule has 0 aliphatic carbocycles. The van der Waals surface area contributed by atoms with Gasteiger partial charge in [0.15, 0.2) is 5.16 Å². The highest BCUT2D eigenvalue weighted by atomic mass is 32.2. The first-order valence-electron chi connectivity index (χ1n) is 14.6. The third-order valence-corrected chi connectivity index (χ3v) is 7.78. The molecule has 1 aromatic carbocycles. The molecule has 3 aromatic rings. The van der Waals surface area contributed by atoms with Gasteiger partial charge in [-0.3, -0.25) is 14.2 Å². The van der Waals surface area contributed by atoms with Gasteiger partial charge in [0, 0.05) is 42.9 Å². The molecule has 10 heteroatoms. The number of aryl methyl sites for hydroxylation is 1. The highest BCUT2D eigenvalue weighted by Gasteiger charge is 2.13. The summed E-state index contributed by atoms with van der Waals surface area (Å²) in [6, 6.07) is 6.32. The Morgan fingerprint density at radius 1 is 0.902 bits per heavy atom. The third kappa shape index (κ3) is 11.3. The lowest BCUT2D eigenvalue weighted by Gasteiger charge is -2.14. The SMILES string of the molecule is CCCCCCCCCCCn1cc(Cc2cnc(=O)n(CC(=O)OCC)c2)c(=O)nc1SCc1ccc(F)cc1. The molecular formula is C31H41FN4O4S. The predicted octanol–water partition coefficient (Wildman–Crippen LogP) is 5.92. The van der Waals surface area contributed by atoms with E-state index in [2.05, 4.69) is 16.9 Å². The van der Waals surface area contributed by atoms with Gasteiger partial charge in [-0.15, -0.1) is 0 Å². The summed E-state index contributed by atoms with van der Waals surface area (Å²) in [5.74, 6) is -0.250. The second-order valence-electron chi connectivity index (χ2n) is 10.1. The van der Waals surface area contributed by atoms with Crippen molar-refractivity contribution < 1.29 is 13.9 Å². The minimum Gasteiger partial charge on any atom is -0.465 e. The molecule has 0 aliphatic heterocycles. The van der Waals surface area contributed by atoms with Gasteiger partial charge in [0.05, 0.1) is 6.61 Å². The fraction of sp³-hybridized carbons (Fsp3) is 0.516. The van der Waals surface area contributed by atoms with Gasteiger partial charge in [0.1, 0.15) is 12.4 Å². The summed E-state index contributed by atoms with van der Waals surface area (Å²) in [7, 11) is 0. The van der Waals surface area contributed by atoms with Crippen LogP contribution in [0.15, 0.2) is 57.6 Å². The number of aromatic nitrogens is 4. The van der Waals surface area contributed by atoms with Gasteiger partial charge in [-0.05, 0) is 36.6 Å². The largest absolute Gasteiger partial charge is 0.465 e. The first-order chi connectivity index (χ1) is 19.9. The molecule has 0 amide bonds. The number of halogens is 1. The van der Waals surface area contributed by atoms with Gasteiger partial charge in [0.25, 0.3) is 5.56 Å². The summed E-state index contributed by atoms with van der Waals surface area (Å²) in [5, 5.41) is 0.619. The van der Waals surface area contributed by atoms with Crippen molar-refractivity contribution in [2.24, 2.45) is 0 Å². The minimum atomic E-state index is -0.560. The van der Waals surface area contributed by atoms with Crippen molar-refractivity contribution in [2.75, 3.05) is 6.61 Å². The van der Waals surface area contributed by atoms with Gasteiger partial charge in [0.2, 0.25) is 0 Å². The van der Waals surface area contributed by atoms with E-state index in [1.807, 2.05) is 10.8 Å². The quantitative estimate of drug-likeness (QED) is 0.0793. The van der Waals surface area contributed by atoms with E-state index in [1.54, 1.807) is 19.1 Å². The smallest absolute Gasteiger partial charge is 0.348 e. The Labute approximate surface area is 245 Å². The molecule has 2 heterocycles. The number of benzene rings is 1. The predicted molar refractivity (Wildman–Crippen MR) is 160 cm³/mol. The Morgan fingerprint density at radius 3 is 2.27 bits per heavy atom. The van der Waals surface area contributed by atoms with Gasteiger partial charge in [-0.1, -0.05) is 82.2 Å². The summed E-state index contributed by atoms with van der Waals surface area (Å²) in [6.07, 6.45) is 15.9. The lowest BCUT2D eigenvalue weighted by molar-refractivity contribution is -0.143. The van der Waals surface area contributed by atoms with Crippen LogP contribution in [0.4, 0.5) is 4.39 Å². The maximum atomic E-state index is 13.3. The van der Waals surface area contributed by atoms with Crippen molar-refractivity contribution in [3.05, 3.63) is 86.2 Å². The van der Waals surface area contributed by atoms with Crippen LogP contribution in [0.2, 0.25) is 0 Å². The maximum absolute atomic E-state index is 13.3. The molecule has 222 valence electrons. The van der Waals surface area contributed by atoms with E-state index in [9.17, 15) is 18.8 Å². The van der Waals surface area contributed by atoms with Crippen LogP contribution in [0.25, 0.3) is 0 Å². The maximum Gasteiger partial charge on any atom is 0.348 e. The Morgan fingerprint density at radius 2 is 1.59 bits per heavy atom. The van der Waals surface area contributed by atoms with Crippen LogP contribution in [-0.4, -0.2) is 31.7 Å². The van der Waals surface area contributed by atoms with Crippen LogP contribution in [0.1, 0.15) is 88.3 Å². The molecular weight excluding hydrogens is 543 g/mol. The number of unbranched alkanes of at least 4 members (excludes halogenated alkanes) is 8. The molecule has 0 saturated carbocycles. The number of nitrogens with zero attached hydrogens (tertiary/aromatic N) is 4. The first kappa shape index (κ1) is 32.2. The normalized spacial score (nSPS) is 11.1. The summed E-state index contributed by atoms with van der Waals surface area (Å²) in [4.78, 5) is 45.3. The van der Waals surface area contributed by atoms with Crippen molar-refractivity contribution in [3.63, 3.8) is 0 Å². The van der Waals surface area contributed by atoms with Crippen LogP contribution >= 0.6 is 11.8 Å². The summed E-state index contributed by atoms with van der Waals surface area (Å²) in [5.41, 5.74) is 1.14. The van der Waals surface area contributed by atoms with Crippen LogP contribution in [0, 0.1) is 5.82 Å². The Bertz CT molecular complexity index is 1360. The number of carbonyl (C=O) groups excluding carboxylic acids is 1. The van der Waals surface area contributed by atoms with Crippen LogP contribution in [0.3, 0.4) is 0 Å². The molecule has 0 N–H and O–H groups in total. The molecule has 41 heavy (non-hydrogen) atoms. The second-order valence-corrected chi connectivity index (χ2v) is 11.1. The second kappa shape index (κ2) is 17.5. The van der Waals surface area contributed by atoms with E-state index in [4.69, 9.17) is 4.74 Å². The van der Waals surface area contributed by atoms with Crippen molar-refractivity contribution >= 4 is 17.7 Å². The standard InChI is InChI=1S/C31H41FN4O4S/c1-3-5-6-7-8-9-10-11-12-17-35-21-26(18-25-19-33-30(39)36(20-25)22-28(37)40-4-2)29(38)34-31(35)41-23-24-13-15-27(32)16-14-24/h13-16,19-21H,3-12,17-18,22-23H2,1-2H3. The highest BCUT2D eigenvalue weighted by Crippen LogP contribution is 2.22. The molecule has 0 saturated heterocycles. The zero-order valence-corrected chi connectivity index (χ0v) is 25.0. The zero-order valence-electron chi connectivity index (χ0n) is 24.1. The van der Waals surface area contributed by atoms with Gasteiger partial charge in [-0.2, -0.15) is 4.98 Å². The number of esters is 1. The number of rotatable bonds is 18. The van der Waals surface area contributed by atoms with E-state index in [0.717, 1.165) is 24.9 Å². The zero-order chi connectivity index (χ0) is 29.5. The van der Waals surface area contributed by atoms with Crippen molar-refractivity contribution in [1.82, 2.24) is 19.1 Å². The molecule has 8 nitrogen and oxygen atoms in total. The number of ether oxygens (including phenoxy) is 1. The number of hydrogen-bond acceptors (Lipinski definition) is 7. The average Bonchev–Trinajstić information content (AvgIpc) is 2.95. The van der Waals surface area contributed by atoms with E-state index in [0.29, 0.717) is 22.0 Å². The lowest BCUT2D eigenvalue weighted by Crippen LogP contribution is -2.27. The Kier molecular flexibility index (Phi) is 13.8. The molecule has 0 aliphatic rings. The number of hydrogen-bond donors (Lipinski definition) is 0. The van der Waals surface area contributed by atoms with E-state index in [-0.39, 0.29) is 30.9 Å². The van der Waals surface area contributed by atoms with E-state index < -0.39 is 11.7 Å². The summed E-state index contributed by atoms with van der Waals surface area (Å²) in [6.45, 7) is 4.63. The molecule has 0 bridgehead atoms. The minimum absolute atomic E-state index is 0.219. The molecule has 3 rings (SSSR count). The van der Waals surface area contributed by atoms with Crippen LogP contribution < -0.4 is 11.2 Å². The van der Waals surface area contributed by atoms with Gasteiger partial charge >= 0.3 is 11.7 Å². The number of carbonyl (C=O) groups is 1. The highest BCUT2D eigenvalue weighted by molar-refractivity contribution is 7.98. The van der Waals surface area contributed by atoms with Crippen LogP contribution in [-0.2, 0) is 34.8 Å². The molecule has 0 fully saturated rings. The van der Waals surface area contributed by atoms with Gasteiger partial charge < -0.3 is 9.30 Å². The van der Waals surface area contributed by atoms with Gasteiger partial charge in [-0.25, -0.2) is 14.2 Å². The topological polar surface area (TPSA) is 96.1 Å². The summed E-state index contributed by atoms with van der Waals surface area (Å²) < 4.78 is 21.5.